The van der Waals surface area contributed by atoms with Crippen molar-refractivity contribution in [3.8, 4) is 5.75 Å². The highest BCUT2D eigenvalue weighted by molar-refractivity contribution is 6.32. The van der Waals surface area contributed by atoms with E-state index >= 15 is 0 Å². The smallest absolute Gasteiger partial charge is 0.287 e. The molecule has 0 fully saturated rings. The van der Waals surface area contributed by atoms with Gasteiger partial charge in [-0.05, 0) is 36.4 Å². The van der Waals surface area contributed by atoms with E-state index in [4.69, 9.17) is 25.2 Å². The average molecular weight is 332 g/mol. The Hall–Kier alpha value is -2.66. The molecule has 3 rings (SSSR count). The molecular formula is C17H14ClNO4. The van der Waals surface area contributed by atoms with Gasteiger partial charge in [-0.3, -0.25) is 4.79 Å². The standard InChI is InChI=1S/C17H14ClNO4/c18-14-5-1-2-6-15(14)22-11-13-7-8-16(23-13)17(20)19-10-12-4-3-9-21-12/h1-9H,10-11H2,(H,19,20). The molecule has 2 heterocycles. The van der Waals surface area contributed by atoms with E-state index in [-0.39, 0.29) is 18.3 Å². The Labute approximate surface area is 137 Å². The minimum Gasteiger partial charge on any atom is -0.484 e. The first kappa shape index (κ1) is 15.2. The fourth-order valence-electron chi connectivity index (χ4n) is 1.96. The molecule has 1 aromatic carbocycles. The molecule has 0 aliphatic rings. The van der Waals surface area contributed by atoms with Gasteiger partial charge in [-0.25, -0.2) is 0 Å². The van der Waals surface area contributed by atoms with Crippen molar-refractivity contribution in [1.82, 2.24) is 5.32 Å². The summed E-state index contributed by atoms with van der Waals surface area (Å²) in [7, 11) is 0. The van der Waals surface area contributed by atoms with Crippen molar-refractivity contribution in [2.75, 3.05) is 0 Å². The summed E-state index contributed by atoms with van der Waals surface area (Å²) in [5.74, 6) is 1.68. The predicted octanol–water partition coefficient (Wildman–Crippen LogP) is 4.04. The van der Waals surface area contributed by atoms with Gasteiger partial charge in [0, 0.05) is 0 Å². The van der Waals surface area contributed by atoms with Crippen molar-refractivity contribution >= 4 is 17.5 Å². The summed E-state index contributed by atoms with van der Waals surface area (Å²) in [6.45, 7) is 0.493. The van der Waals surface area contributed by atoms with Gasteiger partial charge in [0.25, 0.3) is 5.91 Å². The van der Waals surface area contributed by atoms with Crippen LogP contribution in [0.4, 0.5) is 0 Å². The second-order valence-corrected chi connectivity index (χ2v) is 5.15. The zero-order chi connectivity index (χ0) is 16.1. The number of hydrogen-bond acceptors (Lipinski definition) is 4. The summed E-state index contributed by atoms with van der Waals surface area (Å²) >= 11 is 6.01. The summed E-state index contributed by atoms with van der Waals surface area (Å²) in [4.78, 5) is 12.0. The molecule has 3 aromatic rings. The van der Waals surface area contributed by atoms with Gasteiger partial charge in [-0.2, -0.15) is 0 Å². The van der Waals surface area contributed by atoms with Gasteiger partial charge in [0.15, 0.2) is 5.76 Å². The van der Waals surface area contributed by atoms with Crippen LogP contribution in [0.2, 0.25) is 5.02 Å². The largest absolute Gasteiger partial charge is 0.484 e. The molecule has 0 bridgehead atoms. The molecule has 5 nitrogen and oxygen atoms in total. The quantitative estimate of drug-likeness (QED) is 0.740. The van der Waals surface area contributed by atoms with E-state index in [1.54, 1.807) is 42.7 Å². The monoisotopic (exact) mass is 331 g/mol. The van der Waals surface area contributed by atoms with Gasteiger partial charge < -0.3 is 18.9 Å². The summed E-state index contributed by atoms with van der Waals surface area (Å²) < 4.78 is 16.2. The fraction of sp³-hybridized carbons (Fsp3) is 0.118. The maximum atomic E-state index is 12.0. The Morgan fingerprint density at radius 3 is 2.74 bits per heavy atom. The number of nitrogens with one attached hydrogen (secondary N) is 1. The van der Waals surface area contributed by atoms with Crippen molar-refractivity contribution in [2.24, 2.45) is 0 Å². The lowest BCUT2D eigenvalue weighted by atomic mass is 10.3. The van der Waals surface area contributed by atoms with E-state index in [0.29, 0.717) is 28.8 Å². The molecule has 6 heteroatoms. The molecule has 118 valence electrons. The van der Waals surface area contributed by atoms with E-state index in [0.717, 1.165) is 0 Å². The van der Waals surface area contributed by atoms with Crippen LogP contribution in [-0.2, 0) is 13.2 Å². The van der Waals surface area contributed by atoms with Crippen LogP contribution in [0.5, 0.6) is 5.75 Å². The first-order chi connectivity index (χ1) is 11.2. The van der Waals surface area contributed by atoms with Gasteiger partial charge in [0.05, 0.1) is 17.8 Å². The lowest BCUT2D eigenvalue weighted by molar-refractivity contribution is 0.0916. The third kappa shape index (κ3) is 3.96. The SMILES string of the molecule is O=C(NCc1ccco1)c1ccc(COc2ccccc2Cl)o1. The molecule has 0 radical (unpaired) electrons. The van der Waals surface area contributed by atoms with Crippen molar-refractivity contribution in [2.45, 2.75) is 13.2 Å². The van der Waals surface area contributed by atoms with Gasteiger partial charge >= 0.3 is 0 Å². The molecule has 0 aliphatic heterocycles. The van der Waals surface area contributed by atoms with Crippen LogP contribution in [0, 0.1) is 0 Å². The van der Waals surface area contributed by atoms with Crippen molar-refractivity contribution in [3.05, 3.63) is 77.1 Å². The summed E-state index contributed by atoms with van der Waals surface area (Å²) in [6, 6.07) is 14.0. The maximum Gasteiger partial charge on any atom is 0.287 e. The molecule has 0 saturated heterocycles. The number of para-hydroxylation sites is 1. The van der Waals surface area contributed by atoms with Gasteiger partial charge in [-0.15, -0.1) is 0 Å². The Balaban J connectivity index is 1.55. The first-order valence-electron chi connectivity index (χ1n) is 6.99. The minimum atomic E-state index is -0.314. The lowest BCUT2D eigenvalue weighted by Crippen LogP contribution is -2.21. The molecule has 2 aromatic heterocycles. The van der Waals surface area contributed by atoms with Gasteiger partial charge in [-0.1, -0.05) is 23.7 Å². The number of halogens is 1. The molecule has 0 unspecified atom stereocenters. The van der Waals surface area contributed by atoms with Crippen molar-refractivity contribution in [1.29, 1.82) is 0 Å². The van der Waals surface area contributed by atoms with E-state index in [2.05, 4.69) is 5.32 Å². The normalized spacial score (nSPS) is 10.5. The number of carbonyl (C=O) groups excluding carboxylic acids is 1. The molecule has 1 amide bonds. The second-order valence-electron chi connectivity index (χ2n) is 4.75. The number of furan rings is 2. The number of amides is 1. The molecule has 0 atom stereocenters. The van der Waals surface area contributed by atoms with Crippen LogP contribution in [0.1, 0.15) is 22.1 Å². The van der Waals surface area contributed by atoms with E-state index < -0.39 is 0 Å². The number of hydrogen-bond donors (Lipinski definition) is 1. The molecule has 0 saturated carbocycles. The number of ether oxygens (including phenoxy) is 1. The summed E-state index contributed by atoms with van der Waals surface area (Å²) in [5, 5.41) is 3.23. The van der Waals surface area contributed by atoms with Crippen molar-refractivity contribution < 1.29 is 18.4 Å². The lowest BCUT2D eigenvalue weighted by Gasteiger charge is -2.05. The highest BCUT2D eigenvalue weighted by Gasteiger charge is 2.12. The Bertz CT molecular complexity index is 780. The third-order valence-corrected chi connectivity index (χ3v) is 3.41. The number of carbonyl (C=O) groups is 1. The number of benzene rings is 1. The van der Waals surface area contributed by atoms with Crippen LogP contribution in [0.15, 0.2) is 63.6 Å². The summed E-state index contributed by atoms with van der Waals surface area (Å²) in [6.07, 6.45) is 1.55. The van der Waals surface area contributed by atoms with Gasteiger partial charge in [0.1, 0.15) is 23.9 Å². The third-order valence-electron chi connectivity index (χ3n) is 3.10. The minimum absolute atomic E-state index is 0.190. The fourth-order valence-corrected chi connectivity index (χ4v) is 2.15. The molecule has 0 aliphatic carbocycles. The molecule has 0 spiro atoms. The highest BCUT2D eigenvalue weighted by Crippen LogP contribution is 2.24. The van der Waals surface area contributed by atoms with Crippen molar-refractivity contribution in [3.63, 3.8) is 0 Å². The topological polar surface area (TPSA) is 64.6 Å². The zero-order valence-electron chi connectivity index (χ0n) is 12.1. The van der Waals surface area contributed by atoms with E-state index in [1.807, 2.05) is 12.1 Å². The Morgan fingerprint density at radius 2 is 1.96 bits per heavy atom. The van der Waals surface area contributed by atoms with Crippen LogP contribution in [-0.4, -0.2) is 5.91 Å². The van der Waals surface area contributed by atoms with E-state index in [9.17, 15) is 4.79 Å². The van der Waals surface area contributed by atoms with E-state index in [1.165, 1.54) is 0 Å². The second kappa shape index (κ2) is 7.07. The molecule has 23 heavy (non-hydrogen) atoms. The molecular weight excluding hydrogens is 318 g/mol. The Kier molecular flexibility index (Phi) is 4.68. The van der Waals surface area contributed by atoms with Crippen LogP contribution in [0.3, 0.4) is 0 Å². The zero-order valence-corrected chi connectivity index (χ0v) is 12.9. The maximum absolute atomic E-state index is 12.0. The van der Waals surface area contributed by atoms with Crippen LogP contribution < -0.4 is 10.1 Å². The Morgan fingerprint density at radius 1 is 1.09 bits per heavy atom. The van der Waals surface area contributed by atoms with Crippen LogP contribution in [0.25, 0.3) is 0 Å². The first-order valence-corrected chi connectivity index (χ1v) is 7.37. The van der Waals surface area contributed by atoms with Gasteiger partial charge in [0.2, 0.25) is 0 Å². The average Bonchev–Trinajstić information content (AvgIpc) is 3.23. The molecule has 1 N–H and O–H groups in total. The summed E-state index contributed by atoms with van der Waals surface area (Å²) in [5.41, 5.74) is 0. The van der Waals surface area contributed by atoms with Crippen LogP contribution >= 0.6 is 11.6 Å². The predicted molar refractivity (Wildman–Crippen MR) is 84.4 cm³/mol. The number of rotatable bonds is 6. The highest BCUT2D eigenvalue weighted by atomic mass is 35.5.